The fourth-order valence-corrected chi connectivity index (χ4v) is 2.79. The van der Waals surface area contributed by atoms with Crippen LogP contribution in [0.3, 0.4) is 0 Å². The van der Waals surface area contributed by atoms with Crippen LogP contribution < -0.4 is 5.73 Å². The number of thiophene rings is 1. The van der Waals surface area contributed by atoms with Gasteiger partial charge in [-0.1, -0.05) is 23.2 Å². The number of hydrogen-bond donors (Lipinski definition) is 2. The van der Waals surface area contributed by atoms with Crippen LogP contribution in [0.1, 0.15) is 17.2 Å². The maximum atomic E-state index is 9.80. The second-order valence-electron chi connectivity index (χ2n) is 3.35. The van der Waals surface area contributed by atoms with E-state index in [0.29, 0.717) is 15.6 Å². The fourth-order valence-electron chi connectivity index (χ4n) is 1.50. The van der Waals surface area contributed by atoms with Gasteiger partial charge in [0.25, 0.3) is 0 Å². The van der Waals surface area contributed by atoms with Crippen LogP contribution in [0.25, 0.3) is 0 Å². The molecule has 0 saturated heterocycles. The van der Waals surface area contributed by atoms with Gasteiger partial charge in [-0.2, -0.15) is 11.3 Å². The maximum Gasteiger partial charge on any atom is 0.123 e. The molecule has 0 radical (unpaired) electrons. The average molecular weight is 311 g/mol. The quantitative estimate of drug-likeness (QED) is 0.872. The minimum absolute atomic E-state index is 0. The van der Waals surface area contributed by atoms with Crippen molar-refractivity contribution in [1.29, 1.82) is 0 Å². The van der Waals surface area contributed by atoms with Crippen LogP contribution in [0.15, 0.2) is 29.0 Å². The van der Waals surface area contributed by atoms with Crippen molar-refractivity contribution in [1.82, 2.24) is 0 Å². The SMILES string of the molecule is Cl.N[C@@H](c1ccsc1)c1c(O)cc(Cl)cc1Cl. The van der Waals surface area contributed by atoms with Gasteiger partial charge >= 0.3 is 0 Å². The maximum absolute atomic E-state index is 9.80. The van der Waals surface area contributed by atoms with Gasteiger partial charge in [-0.3, -0.25) is 0 Å². The number of hydrogen-bond acceptors (Lipinski definition) is 3. The molecule has 1 aromatic heterocycles. The highest BCUT2D eigenvalue weighted by molar-refractivity contribution is 7.08. The van der Waals surface area contributed by atoms with Crippen molar-refractivity contribution < 1.29 is 5.11 Å². The van der Waals surface area contributed by atoms with Gasteiger partial charge in [0.05, 0.1) is 11.1 Å². The van der Waals surface area contributed by atoms with E-state index in [2.05, 4.69) is 0 Å². The molecule has 17 heavy (non-hydrogen) atoms. The minimum Gasteiger partial charge on any atom is -0.507 e. The summed E-state index contributed by atoms with van der Waals surface area (Å²) in [5.74, 6) is 0.0243. The second kappa shape index (κ2) is 5.94. The summed E-state index contributed by atoms with van der Waals surface area (Å²) >= 11 is 13.3. The Bertz CT molecular complexity index is 478. The van der Waals surface area contributed by atoms with E-state index in [4.69, 9.17) is 28.9 Å². The predicted octanol–water partition coefficient (Wildman–Crippen LogP) is 4.23. The molecule has 2 aromatic rings. The summed E-state index contributed by atoms with van der Waals surface area (Å²) in [6.07, 6.45) is 0. The van der Waals surface area contributed by atoms with Gasteiger partial charge in [0, 0.05) is 10.6 Å². The van der Waals surface area contributed by atoms with E-state index < -0.39 is 6.04 Å². The van der Waals surface area contributed by atoms with E-state index in [1.54, 1.807) is 17.4 Å². The molecule has 1 aromatic carbocycles. The predicted molar refractivity (Wildman–Crippen MR) is 75.7 cm³/mol. The highest BCUT2D eigenvalue weighted by Crippen LogP contribution is 2.36. The van der Waals surface area contributed by atoms with E-state index in [9.17, 15) is 5.11 Å². The van der Waals surface area contributed by atoms with E-state index in [1.807, 2.05) is 16.8 Å². The van der Waals surface area contributed by atoms with Gasteiger partial charge in [-0.15, -0.1) is 12.4 Å². The van der Waals surface area contributed by atoms with Gasteiger partial charge in [0.2, 0.25) is 0 Å². The molecule has 92 valence electrons. The molecule has 0 aliphatic heterocycles. The van der Waals surface area contributed by atoms with Crippen molar-refractivity contribution >= 4 is 46.9 Å². The Morgan fingerprint density at radius 3 is 2.53 bits per heavy atom. The molecule has 6 heteroatoms. The number of phenols is 1. The zero-order chi connectivity index (χ0) is 11.7. The first-order valence-electron chi connectivity index (χ1n) is 4.55. The van der Waals surface area contributed by atoms with E-state index in [1.165, 1.54) is 6.07 Å². The summed E-state index contributed by atoms with van der Waals surface area (Å²) in [4.78, 5) is 0. The van der Waals surface area contributed by atoms with Gasteiger partial charge in [0.1, 0.15) is 5.75 Å². The zero-order valence-corrected chi connectivity index (χ0v) is 11.7. The Morgan fingerprint density at radius 1 is 1.29 bits per heavy atom. The van der Waals surface area contributed by atoms with E-state index in [-0.39, 0.29) is 18.2 Å². The lowest BCUT2D eigenvalue weighted by Crippen LogP contribution is -2.11. The standard InChI is InChI=1S/C11H9Cl2NOS.ClH/c12-7-3-8(13)10(9(15)4-7)11(14)6-1-2-16-5-6;/h1-5,11,15H,14H2;1H/t11-;/m0./s1. The van der Waals surface area contributed by atoms with Gasteiger partial charge in [0.15, 0.2) is 0 Å². The number of halogens is 3. The molecule has 3 N–H and O–H groups in total. The van der Waals surface area contributed by atoms with Crippen LogP contribution in [0.2, 0.25) is 10.0 Å². The molecule has 0 aliphatic rings. The average Bonchev–Trinajstić information content (AvgIpc) is 2.67. The number of phenolic OH excluding ortho intramolecular Hbond substituents is 1. The number of nitrogens with two attached hydrogens (primary N) is 1. The first kappa shape index (κ1) is 14.6. The monoisotopic (exact) mass is 309 g/mol. The van der Waals surface area contributed by atoms with Crippen molar-refractivity contribution in [2.24, 2.45) is 5.73 Å². The lowest BCUT2D eigenvalue weighted by atomic mass is 10.0. The third-order valence-corrected chi connectivity index (χ3v) is 3.52. The summed E-state index contributed by atoms with van der Waals surface area (Å²) < 4.78 is 0. The zero-order valence-electron chi connectivity index (χ0n) is 8.56. The number of rotatable bonds is 2. The number of aromatic hydroxyl groups is 1. The highest BCUT2D eigenvalue weighted by Gasteiger charge is 2.17. The summed E-state index contributed by atoms with van der Waals surface area (Å²) in [7, 11) is 0. The highest BCUT2D eigenvalue weighted by atomic mass is 35.5. The molecule has 0 aliphatic carbocycles. The lowest BCUT2D eigenvalue weighted by molar-refractivity contribution is 0.465. The Kier molecular flexibility index (Phi) is 5.10. The molecule has 0 spiro atoms. The molecule has 1 atom stereocenters. The smallest absolute Gasteiger partial charge is 0.123 e. The fraction of sp³-hybridized carbons (Fsp3) is 0.0909. The Morgan fingerprint density at radius 2 is 2.00 bits per heavy atom. The summed E-state index contributed by atoms with van der Waals surface area (Å²) in [5, 5.41) is 14.4. The van der Waals surface area contributed by atoms with Crippen molar-refractivity contribution in [2.75, 3.05) is 0 Å². The van der Waals surface area contributed by atoms with Crippen LogP contribution in [0.5, 0.6) is 5.75 Å². The van der Waals surface area contributed by atoms with Gasteiger partial charge in [-0.05, 0) is 34.5 Å². The summed E-state index contributed by atoms with van der Waals surface area (Å²) in [6.45, 7) is 0. The molecule has 0 saturated carbocycles. The molecule has 0 bridgehead atoms. The van der Waals surface area contributed by atoms with Crippen molar-refractivity contribution in [2.45, 2.75) is 6.04 Å². The molecule has 0 unspecified atom stereocenters. The van der Waals surface area contributed by atoms with Crippen LogP contribution in [0.4, 0.5) is 0 Å². The third-order valence-electron chi connectivity index (χ3n) is 2.29. The third kappa shape index (κ3) is 3.06. The first-order chi connectivity index (χ1) is 7.59. The summed E-state index contributed by atoms with van der Waals surface area (Å²) in [5.41, 5.74) is 7.46. The molecular weight excluding hydrogens is 301 g/mol. The van der Waals surface area contributed by atoms with Crippen LogP contribution in [-0.2, 0) is 0 Å². The lowest BCUT2D eigenvalue weighted by Gasteiger charge is -2.14. The molecule has 0 amide bonds. The molecule has 0 fully saturated rings. The van der Waals surface area contributed by atoms with Crippen LogP contribution in [-0.4, -0.2) is 5.11 Å². The second-order valence-corrected chi connectivity index (χ2v) is 4.98. The van der Waals surface area contributed by atoms with Crippen molar-refractivity contribution in [3.63, 3.8) is 0 Å². The first-order valence-corrected chi connectivity index (χ1v) is 6.25. The minimum atomic E-state index is -0.434. The Labute approximate surface area is 119 Å². The molecule has 2 rings (SSSR count). The van der Waals surface area contributed by atoms with Gasteiger partial charge in [-0.25, -0.2) is 0 Å². The topological polar surface area (TPSA) is 46.2 Å². The Hall–Kier alpha value is -0.450. The molecule has 1 heterocycles. The van der Waals surface area contributed by atoms with Gasteiger partial charge < -0.3 is 10.8 Å². The molecular formula is C11H10Cl3NOS. The number of benzene rings is 1. The van der Waals surface area contributed by atoms with E-state index >= 15 is 0 Å². The van der Waals surface area contributed by atoms with Crippen LogP contribution in [0, 0.1) is 0 Å². The van der Waals surface area contributed by atoms with Crippen molar-refractivity contribution in [3.8, 4) is 5.75 Å². The van der Waals surface area contributed by atoms with Crippen molar-refractivity contribution in [3.05, 3.63) is 50.1 Å². The Balaban J connectivity index is 0.00000144. The summed E-state index contributed by atoms with van der Waals surface area (Å²) in [6, 6.07) is 4.48. The van der Waals surface area contributed by atoms with E-state index in [0.717, 1.165) is 5.56 Å². The normalized spacial score (nSPS) is 11.9. The molecule has 2 nitrogen and oxygen atoms in total. The largest absolute Gasteiger partial charge is 0.507 e. The van der Waals surface area contributed by atoms with Crippen LogP contribution >= 0.6 is 46.9 Å².